The zero-order valence-corrected chi connectivity index (χ0v) is 15.2. The molecule has 0 amide bonds. The fourth-order valence-electron chi connectivity index (χ4n) is 3.70. The van der Waals surface area contributed by atoms with Crippen molar-refractivity contribution in [3.63, 3.8) is 0 Å². The Hall–Kier alpha value is -3.33. The highest BCUT2D eigenvalue weighted by atomic mass is 16.4. The van der Waals surface area contributed by atoms with E-state index in [1.807, 2.05) is 36.4 Å². The van der Waals surface area contributed by atoms with Crippen LogP contribution in [0.2, 0.25) is 0 Å². The predicted molar refractivity (Wildman–Crippen MR) is 110 cm³/mol. The summed E-state index contributed by atoms with van der Waals surface area (Å²) < 4.78 is 2.15. The van der Waals surface area contributed by atoms with E-state index in [0.717, 1.165) is 33.3 Å². The number of carbonyl (C=O) groups is 1. The second kappa shape index (κ2) is 7.12. The standard InChI is InChI=1S/C24H21NO2/c1-17-12-13-21-20(16-17)23(18-8-4-2-5-9-18)24(19-10-6-3-7-11-19)25(21)15-14-22(26)27/h2-13,16H,14-15H2,1H3,(H,26,27). The Balaban J connectivity index is 2.09. The van der Waals surface area contributed by atoms with Gasteiger partial charge >= 0.3 is 5.97 Å². The molecule has 0 saturated heterocycles. The topological polar surface area (TPSA) is 42.2 Å². The third-order valence-electron chi connectivity index (χ3n) is 4.88. The second-order valence-corrected chi connectivity index (χ2v) is 6.77. The van der Waals surface area contributed by atoms with Crippen molar-refractivity contribution in [2.45, 2.75) is 19.9 Å². The van der Waals surface area contributed by atoms with E-state index in [1.165, 1.54) is 5.56 Å². The van der Waals surface area contributed by atoms with Crippen LogP contribution in [-0.4, -0.2) is 15.6 Å². The number of carboxylic acids is 1. The molecule has 1 N–H and O–H groups in total. The van der Waals surface area contributed by atoms with Crippen LogP contribution in [0, 0.1) is 6.92 Å². The zero-order valence-electron chi connectivity index (χ0n) is 15.2. The Morgan fingerprint density at radius 1 is 0.889 bits per heavy atom. The maximum absolute atomic E-state index is 11.3. The average Bonchev–Trinajstić information content (AvgIpc) is 3.01. The van der Waals surface area contributed by atoms with Crippen molar-refractivity contribution in [3.05, 3.63) is 84.4 Å². The van der Waals surface area contributed by atoms with E-state index in [0.29, 0.717) is 6.54 Å². The molecular formula is C24H21NO2. The smallest absolute Gasteiger partial charge is 0.305 e. The summed E-state index contributed by atoms with van der Waals surface area (Å²) in [5.74, 6) is -0.788. The van der Waals surface area contributed by atoms with Crippen molar-refractivity contribution in [2.75, 3.05) is 0 Å². The number of aromatic nitrogens is 1. The Labute approximate surface area is 158 Å². The Morgan fingerprint density at radius 2 is 1.52 bits per heavy atom. The number of hydrogen-bond donors (Lipinski definition) is 1. The van der Waals surface area contributed by atoms with Gasteiger partial charge in [-0.1, -0.05) is 72.3 Å². The van der Waals surface area contributed by atoms with E-state index in [4.69, 9.17) is 0 Å². The molecule has 4 rings (SSSR count). The summed E-state index contributed by atoms with van der Waals surface area (Å²) in [5, 5.41) is 10.4. The van der Waals surface area contributed by atoms with Crippen LogP contribution >= 0.6 is 0 Å². The van der Waals surface area contributed by atoms with Gasteiger partial charge < -0.3 is 9.67 Å². The van der Waals surface area contributed by atoms with E-state index in [1.54, 1.807) is 0 Å². The lowest BCUT2D eigenvalue weighted by molar-refractivity contribution is -0.137. The van der Waals surface area contributed by atoms with Crippen LogP contribution in [0.4, 0.5) is 0 Å². The first kappa shape index (κ1) is 17.1. The molecule has 27 heavy (non-hydrogen) atoms. The molecule has 134 valence electrons. The maximum atomic E-state index is 11.3. The van der Waals surface area contributed by atoms with Gasteiger partial charge in [-0.2, -0.15) is 0 Å². The van der Waals surface area contributed by atoms with Crippen molar-refractivity contribution in [1.82, 2.24) is 4.57 Å². The van der Waals surface area contributed by atoms with Crippen LogP contribution in [-0.2, 0) is 11.3 Å². The minimum Gasteiger partial charge on any atom is -0.481 e. The minimum absolute atomic E-state index is 0.0890. The molecule has 0 aliphatic carbocycles. The fraction of sp³-hybridized carbons (Fsp3) is 0.125. The number of benzene rings is 3. The molecule has 3 aromatic carbocycles. The average molecular weight is 355 g/mol. The maximum Gasteiger partial charge on any atom is 0.305 e. The highest BCUT2D eigenvalue weighted by Crippen LogP contribution is 2.41. The van der Waals surface area contributed by atoms with Crippen LogP contribution in [0.15, 0.2) is 78.9 Å². The highest BCUT2D eigenvalue weighted by Gasteiger charge is 2.20. The van der Waals surface area contributed by atoms with Gasteiger partial charge in [0.1, 0.15) is 0 Å². The SMILES string of the molecule is Cc1ccc2c(c1)c(-c1ccccc1)c(-c1ccccc1)n2CCC(=O)O. The van der Waals surface area contributed by atoms with Gasteiger partial charge in [0.15, 0.2) is 0 Å². The van der Waals surface area contributed by atoms with Crippen molar-refractivity contribution in [1.29, 1.82) is 0 Å². The molecule has 0 spiro atoms. The number of hydrogen-bond acceptors (Lipinski definition) is 1. The third-order valence-corrected chi connectivity index (χ3v) is 4.88. The van der Waals surface area contributed by atoms with Crippen molar-refractivity contribution >= 4 is 16.9 Å². The van der Waals surface area contributed by atoms with Gasteiger partial charge in [-0.3, -0.25) is 4.79 Å². The van der Waals surface area contributed by atoms with E-state index in [-0.39, 0.29) is 6.42 Å². The van der Waals surface area contributed by atoms with Gasteiger partial charge in [0.05, 0.1) is 12.1 Å². The molecule has 0 bridgehead atoms. The molecule has 0 fully saturated rings. The van der Waals surface area contributed by atoms with Gasteiger partial charge in [0, 0.05) is 23.0 Å². The normalized spacial score (nSPS) is 11.0. The van der Waals surface area contributed by atoms with Crippen molar-refractivity contribution in [3.8, 4) is 22.4 Å². The lowest BCUT2D eigenvalue weighted by atomic mass is 9.98. The summed E-state index contributed by atoms with van der Waals surface area (Å²) in [6.45, 7) is 2.52. The second-order valence-electron chi connectivity index (χ2n) is 6.77. The van der Waals surface area contributed by atoms with Gasteiger partial charge in [0.25, 0.3) is 0 Å². The summed E-state index contributed by atoms with van der Waals surface area (Å²) in [6.07, 6.45) is 0.0890. The summed E-state index contributed by atoms with van der Waals surface area (Å²) in [4.78, 5) is 11.3. The monoisotopic (exact) mass is 355 g/mol. The van der Waals surface area contributed by atoms with Gasteiger partial charge in [0.2, 0.25) is 0 Å². The summed E-state index contributed by atoms with van der Waals surface area (Å²) in [6, 6.07) is 26.9. The van der Waals surface area contributed by atoms with Crippen molar-refractivity contribution < 1.29 is 9.90 Å². The molecule has 3 heteroatoms. The minimum atomic E-state index is -0.788. The first-order chi connectivity index (χ1) is 13.1. The lowest BCUT2D eigenvalue weighted by Crippen LogP contribution is -2.06. The number of aryl methyl sites for hydroxylation is 2. The first-order valence-corrected chi connectivity index (χ1v) is 9.10. The Kier molecular flexibility index (Phi) is 4.51. The molecule has 0 saturated carbocycles. The van der Waals surface area contributed by atoms with Gasteiger partial charge in [-0.25, -0.2) is 0 Å². The van der Waals surface area contributed by atoms with Crippen molar-refractivity contribution in [2.24, 2.45) is 0 Å². The molecule has 0 atom stereocenters. The van der Waals surface area contributed by atoms with E-state index >= 15 is 0 Å². The number of rotatable bonds is 5. The molecular weight excluding hydrogens is 334 g/mol. The van der Waals surface area contributed by atoms with E-state index in [2.05, 4.69) is 54.0 Å². The quantitative estimate of drug-likeness (QED) is 0.495. The molecule has 0 unspecified atom stereocenters. The molecule has 0 aliphatic heterocycles. The van der Waals surface area contributed by atoms with Crippen LogP contribution in [0.5, 0.6) is 0 Å². The van der Waals surface area contributed by atoms with Gasteiger partial charge in [-0.15, -0.1) is 0 Å². The molecule has 1 aromatic heterocycles. The largest absolute Gasteiger partial charge is 0.481 e. The Morgan fingerprint density at radius 3 is 2.15 bits per heavy atom. The van der Waals surface area contributed by atoms with Crippen LogP contribution < -0.4 is 0 Å². The number of carboxylic acid groups (broad SMARTS) is 1. The third kappa shape index (κ3) is 3.24. The number of nitrogens with zero attached hydrogens (tertiary/aromatic N) is 1. The summed E-state index contributed by atoms with van der Waals surface area (Å²) in [7, 11) is 0. The molecule has 0 aliphatic rings. The molecule has 3 nitrogen and oxygen atoms in total. The summed E-state index contributed by atoms with van der Waals surface area (Å²) in [5.41, 5.74) is 6.72. The van der Waals surface area contributed by atoms with Gasteiger partial charge in [-0.05, 0) is 30.2 Å². The van der Waals surface area contributed by atoms with E-state index < -0.39 is 5.97 Å². The molecule has 1 heterocycles. The Bertz CT molecular complexity index is 1100. The number of aliphatic carboxylic acids is 1. The van der Waals surface area contributed by atoms with Crippen LogP contribution in [0.3, 0.4) is 0 Å². The fourth-order valence-corrected chi connectivity index (χ4v) is 3.70. The number of fused-ring (bicyclic) bond motifs is 1. The van der Waals surface area contributed by atoms with Crippen LogP contribution in [0.1, 0.15) is 12.0 Å². The zero-order chi connectivity index (χ0) is 18.8. The van der Waals surface area contributed by atoms with Crippen LogP contribution in [0.25, 0.3) is 33.3 Å². The first-order valence-electron chi connectivity index (χ1n) is 9.10. The summed E-state index contributed by atoms with van der Waals surface area (Å²) >= 11 is 0. The molecule has 0 radical (unpaired) electrons. The predicted octanol–water partition coefficient (Wildman–Crippen LogP) is 5.76. The lowest BCUT2D eigenvalue weighted by Gasteiger charge is -2.12. The highest BCUT2D eigenvalue weighted by molar-refractivity contribution is 6.04. The van der Waals surface area contributed by atoms with E-state index in [9.17, 15) is 9.90 Å². The molecule has 4 aromatic rings.